The number of aromatic nitrogens is 3. The third kappa shape index (κ3) is 5.17. The number of carbonyl (C=O) groups is 2. The van der Waals surface area contributed by atoms with E-state index in [-0.39, 0.29) is 23.0 Å². The van der Waals surface area contributed by atoms with Gasteiger partial charge in [-0.05, 0) is 43.2 Å². The van der Waals surface area contributed by atoms with Gasteiger partial charge in [-0.2, -0.15) is 5.10 Å². The van der Waals surface area contributed by atoms with Gasteiger partial charge in [-0.15, -0.1) is 0 Å². The van der Waals surface area contributed by atoms with Crippen molar-refractivity contribution in [1.82, 2.24) is 20.1 Å². The van der Waals surface area contributed by atoms with E-state index in [0.717, 1.165) is 30.3 Å². The fraction of sp³-hybridized carbons (Fsp3) is 0.154. The molecule has 1 aliphatic carbocycles. The number of amides is 3. The first kappa shape index (κ1) is 23.0. The molecule has 0 radical (unpaired) electrons. The van der Waals surface area contributed by atoms with Gasteiger partial charge in [0.05, 0.1) is 17.1 Å². The number of hydrogen-bond acceptors (Lipinski definition) is 5. The maximum atomic E-state index is 14.8. The van der Waals surface area contributed by atoms with Gasteiger partial charge in [0, 0.05) is 37.4 Å². The van der Waals surface area contributed by atoms with Crippen molar-refractivity contribution in [3.63, 3.8) is 0 Å². The minimum absolute atomic E-state index is 0.0196. The van der Waals surface area contributed by atoms with Gasteiger partial charge in [0.2, 0.25) is 0 Å². The van der Waals surface area contributed by atoms with Crippen molar-refractivity contribution < 1.29 is 18.7 Å². The summed E-state index contributed by atoms with van der Waals surface area (Å²) in [6, 6.07) is 17.8. The van der Waals surface area contributed by atoms with Gasteiger partial charge in [-0.3, -0.25) is 15.1 Å². The molecule has 1 fully saturated rings. The summed E-state index contributed by atoms with van der Waals surface area (Å²) in [5.74, 6) is 0.362. The lowest BCUT2D eigenvalue weighted by atomic mass is 10.2. The fourth-order valence-corrected chi connectivity index (χ4v) is 3.63. The average Bonchev–Trinajstić information content (AvgIpc) is 3.66. The van der Waals surface area contributed by atoms with Crippen LogP contribution in [0.2, 0.25) is 0 Å². The highest BCUT2D eigenvalue weighted by molar-refractivity contribution is 5.99. The molecule has 10 heteroatoms. The number of pyridine rings is 1. The summed E-state index contributed by atoms with van der Waals surface area (Å²) in [7, 11) is 1.50. The summed E-state index contributed by atoms with van der Waals surface area (Å²) in [5, 5.41) is 12.4. The summed E-state index contributed by atoms with van der Waals surface area (Å²) in [5.41, 5.74) is 1.87. The Bertz CT molecular complexity index is 1420. The van der Waals surface area contributed by atoms with Crippen LogP contribution in [0.4, 0.5) is 20.7 Å². The number of benzene rings is 2. The number of nitrogens with one attached hydrogen (secondary N) is 3. The number of anilines is 2. The first-order valence-electron chi connectivity index (χ1n) is 11.4. The molecular weight excluding hydrogens is 463 g/mol. The molecule has 0 bridgehead atoms. The predicted molar refractivity (Wildman–Crippen MR) is 132 cm³/mol. The van der Waals surface area contributed by atoms with Gasteiger partial charge < -0.3 is 15.4 Å². The quantitative estimate of drug-likeness (QED) is 0.337. The summed E-state index contributed by atoms with van der Waals surface area (Å²) < 4.78 is 22.1. The van der Waals surface area contributed by atoms with Gasteiger partial charge in [0.1, 0.15) is 28.8 Å². The molecule has 0 saturated heterocycles. The Morgan fingerprint density at radius 2 is 1.78 bits per heavy atom. The fourth-order valence-electron chi connectivity index (χ4n) is 3.63. The number of rotatable bonds is 7. The summed E-state index contributed by atoms with van der Waals surface area (Å²) in [6.45, 7) is 0. The molecule has 0 unspecified atom stereocenters. The van der Waals surface area contributed by atoms with Crippen LogP contribution in [0.3, 0.4) is 0 Å². The van der Waals surface area contributed by atoms with Gasteiger partial charge in [-0.1, -0.05) is 18.2 Å². The van der Waals surface area contributed by atoms with Crippen LogP contribution >= 0.6 is 0 Å². The second-order valence-electron chi connectivity index (χ2n) is 8.25. The van der Waals surface area contributed by atoms with Crippen molar-refractivity contribution in [2.75, 3.05) is 17.7 Å². The lowest BCUT2D eigenvalue weighted by Crippen LogP contribution is -2.22. The van der Waals surface area contributed by atoms with E-state index < -0.39 is 11.8 Å². The van der Waals surface area contributed by atoms with E-state index in [1.807, 2.05) is 36.4 Å². The second-order valence-corrected chi connectivity index (χ2v) is 8.25. The lowest BCUT2D eigenvalue weighted by molar-refractivity contribution is 0.0957. The zero-order valence-corrected chi connectivity index (χ0v) is 19.4. The topological polar surface area (TPSA) is 110 Å². The molecule has 2 aromatic carbocycles. The highest BCUT2D eigenvalue weighted by Gasteiger charge is 2.28. The highest BCUT2D eigenvalue weighted by atomic mass is 19.1. The molecule has 0 spiro atoms. The van der Waals surface area contributed by atoms with Crippen LogP contribution in [-0.4, -0.2) is 33.8 Å². The molecule has 182 valence electrons. The van der Waals surface area contributed by atoms with Crippen molar-refractivity contribution in [2.24, 2.45) is 0 Å². The largest absolute Gasteiger partial charge is 0.457 e. The van der Waals surface area contributed by atoms with Crippen LogP contribution in [0.5, 0.6) is 11.5 Å². The van der Waals surface area contributed by atoms with Gasteiger partial charge in [0.25, 0.3) is 5.91 Å². The summed E-state index contributed by atoms with van der Waals surface area (Å²) >= 11 is 0. The van der Waals surface area contributed by atoms with E-state index in [9.17, 15) is 14.0 Å². The number of nitrogens with zero attached hydrogens (tertiary/aromatic N) is 3. The molecule has 0 atom stereocenters. The number of carbonyl (C=O) groups excluding carboxylic acids is 2. The molecule has 1 aliphatic rings. The second kappa shape index (κ2) is 9.87. The highest BCUT2D eigenvalue weighted by Crippen LogP contribution is 2.40. The molecule has 3 N–H and O–H groups in total. The van der Waals surface area contributed by atoms with Crippen molar-refractivity contribution in [2.45, 2.75) is 18.8 Å². The van der Waals surface area contributed by atoms with Gasteiger partial charge in [-0.25, -0.2) is 13.9 Å². The third-order valence-corrected chi connectivity index (χ3v) is 5.58. The average molecular weight is 487 g/mol. The van der Waals surface area contributed by atoms with Crippen LogP contribution < -0.4 is 20.7 Å². The Morgan fingerprint density at radius 1 is 1.00 bits per heavy atom. The van der Waals surface area contributed by atoms with Crippen molar-refractivity contribution in [3.8, 4) is 17.2 Å². The van der Waals surface area contributed by atoms with Crippen LogP contribution in [-0.2, 0) is 0 Å². The molecule has 5 rings (SSSR count). The van der Waals surface area contributed by atoms with E-state index in [1.165, 1.54) is 31.4 Å². The zero-order chi connectivity index (χ0) is 25.1. The minimum atomic E-state index is -0.682. The Balaban J connectivity index is 1.28. The Morgan fingerprint density at radius 3 is 2.50 bits per heavy atom. The molecule has 36 heavy (non-hydrogen) atoms. The summed E-state index contributed by atoms with van der Waals surface area (Å²) in [6.07, 6.45) is 3.57. The van der Waals surface area contributed by atoms with Crippen LogP contribution in [0.15, 0.2) is 72.9 Å². The first-order chi connectivity index (χ1) is 17.5. The van der Waals surface area contributed by atoms with Crippen molar-refractivity contribution in [3.05, 3.63) is 90.1 Å². The number of para-hydroxylation sites is 1. The Hall–Kier alpha value is -4.73. The van der Waals surface area contributed by atoms with Crippen LogP contribution in [0.1, 0.15) is 34.9 Å². The van der Waals surface area contributed by atoms with E-state index in [4.69, 9.17) is 4.74 Å². The van der Waals surface area contributed by atoms with E-state index in [1.54, 1.807) is 10.7 Å². The smallest absolute Gasteiger partial charge is 0.324 e. The number of urea groups is 1. The standard InChI is InChI=1S/C26H23FN6O3/c1-28-25(34)23-14-19(11-12-29-23)36-18-9-10-21(20(27)13-18)30-26(35)31-24-15-22(16-7-8-16)32-33(24)17-5-3-2-4-6-17/h2-6,9-16H,7-8H2,1H3,(H,28,34)(H2,30,31,35). The molecule has 2 aromatic heterocycles. The Kier molecular flexibility index (Phi) is 6.31. The minimum Gasteiger partial charge on any atom is -0.457 e. The number of halogens is 1. The van der Waals surface area contributed by atoms with Gasteiger partial charge >= 0.3 is 6.03 Å². The van der Waals surface area contributed by atoms with E-state index >= 15 is 0 Å². The van der Waals surface area contributed by atoms with Crippen LogP contribution in [0.25, 0.3) is 5.69 Å². The molecule has 0 aliphatic heterocycles. The molecule has 9 nitrogen and oxygen atoms in total. The lowest BCUT2D eigenvalue weighted by Gasteiger charge is -2.12. The zero-order valence-electron chi connectivity index (χ0n) is 19.4. The maximum Gasteiger partial charge on any atom is 0.324 e. The summed E-state index contributed by atoms with van der Waals surface area (Å²) in [4.78, 5) is 28.4. The molecule has 2 heterocycles. The SMILES string of the molecule is CNC(=O)c1cc(Oc2ccc(NC(=O)Nc3cc(C4CC4)nn3-c3ccccc3)c(F)c2)ccn1. The van der Waals surface area contributed by atoms with Crippen molar-refractivity contribution >= 4 is 23.4 Å². The third-order valence-electron chi connectivity index (χ3n) is 5.58. The van der Waals surface area contributed by atoms with Gasteiger partial charge in [0.15, 0.2) is 0 Å². The molecule has 3 amide bonds. The molecular formula is C26H23FN6O3. The number of hydrogen-bond donors (Lipinski definition) is 3. The normalized spacial score (nSPS) is 12.6. The number of ether oxygens (including phenoxy) is 1. The van der Waals surface area contributed by atoms with E-state index in [2.05, 4.69) is 26.0 Å². The molecule has 1 saturated carbocycles. The molecule has 4 aromatic rings. The van der Waals surface area contributed by atoms with Crippen molar-refractivity contribution in [1.29, 1.82) is 0 Å². The van der Waals surface area contributed by atoms with E-state index in [0.29, 0.717) is 17.5 Å². The Labute approximate surface area is 206 Å². The van der Waals surface area contributed by atoms with Crippen LogP contribution in [0, 0.1) is 5.82 Å². The maximum absolute atomic E-state index is 14.8. The monoisotopic (exact) mass is 486 g/mol. The first-order valence-corrected chi connectivity index (χ1v) is 11.4. The predicted octanol–water partition coefficient (Wildman–Crippen LogP) is 5.08.